The lowest BCUT2D eigenvalue weighted by atomic mass is 9.78. The van der Waals surface area contributed by atoms with Gasteiger partial charge in [0.15, 0.2) is 5.78 Å². The fourth-order valence-electron chi connectivity index (χ4n) is 1.97. The van der Waals surface area contributed by atoms with Gasteiger partial charge < -0.3 is 5.73 Å². The largest absolute Gasteiger partial charge is 0.383 e. The normalized spacial score (nSPS) is 11.4. The Morgan fingerprint density at radius 2 is 1.90 bits per heavy atom. The van der Waals surface area contributed by atoms with E-state index in [0.717, 1.165) is 0 Å². The maximum absolute atomic E-state index is 13.0. The van der Waals surface area contributed by atoms with E-state index in [4.69, 9.17) is 17.3 Å². The van der Waals surface area contributed by atoms with Gasteiger partial charge in [-0.25, -0.2) is 9.37 Å². The SMILES string of the molecule is CC(C)(C(=O)c1cc(Cl)cnc1N)c1ccc(F)cc1. The molecule has 5 heteroatoms. The minimum absolute atomic E-state index is 0.134. The van der Waals surface area contributed by atoms with Crippen LogP contribution >= 0.6 is 11.6 Å². The van der Waals surface area contributed by atoms with E-state index in [0.29, 0.717) is 10.6 Å². The van der Waals surface area contributed by atoms with Crippen LogP contribution < -0.4 is 5.73 Å². The second-order valence-corrected chi connectivity index (χ2v) is 5.48. The lowest BCUT2D eigenvalue weighted by molar-refractivity contribution is 0.0909. The molecule has 3 nitrogen and oxygen atoms in total. The van der Waals surface area contributed by atoms with E-state index in [2.05, 4.69) is 4.98 Å². The first-order chi connectivity index (χ1) is 9.32. The fourth-order valence-corrected chi connectivity index (χ4v) is 2.12. The molecule has 0 saturated carbocycles. The number of benzene rings is 1. The van der Waals surface area contributed by atoms with Crippen LogP contribution in [-0.2, 0) is 5.41 Å². The highest BCUT2D eigenvalue weighted by Crippen LogP contribution is 2.30. The molecular weight excluding hydrogens is 279 g/mol. The fraction of sp³-hybridized carbons (Fsp3) is 0.200. The molecule has 0 radical (unpaired) electrons. The Bertz CT molecular complexity index is 653. The van der Waals surface area contributed by atoms with Crippen molar-refractivity contribution in [1.29, 1.82) is 0 Å². The smallest absolute Gasteiger partial charge is 0.176 e. The number of anilines is 1. The van der Waals surface area contributed by atoms with Crippen molar-refractivity contribution >= 4 is 23.2 Å². The monoisotopic (exact) mass is 292 g/mol. The van der Waals surface area contributed by atoms with E-state index in [1.165, 1.54) is 24.4 Å². The number of carbonyl (C=O) groups excluding carboxylic acids is 1. The van der Waals surface area contributed by atoms with Gasteiger partial charge in [-0.15, -0.1) is 0 Å². The Balaban J connectivity index is 2.45. The topological polar surface area (TPSA) is 56.0 Å². The van der Waals surface area contributed by atoms with Crippen LogP contribution in [0.2, 0.25) is 5.02 Å². The number of hydrogen-bond acceptors (Lipinski definition) is 3. The van der Waals surface area contributed by atoms with Gasteiger partial charge in [0.05, 0.1) is 16.0 Å². The summed E-state index contributed by atoms with van der Waals surface area (Å²) in [5.41, 5.74) is 5.85. The number of carbonyl (C=O) groups is 1. The molecule has 0 aliphatic rings. The summed E-state index contributed by atoms with van der Waals surface area (Å²) in [7, 11) is 0. The van der Waals surface area contributed by atoms with Crippen LogP contribution in [0.4, 0.5) is 10.2 Å². The highest BCUT2D eigenvalue weighted by Gasteiger charge is 2.32. The van der Waals surface area contributed by atoms with E-state index < -0.39 is 5.41 Å². The Kier molecular flexibility index (Phi) is 3.77. The van der Waals surface area contributed by atoms with Crippen molar-refractivity contribution in [3.63, 3.8) is 0 Å². The summed E-state index contributed by atoms with van der Waals surface area (Å²) >= 11 is 5.86. The average Bonchev–Trinajstić information content (AvgIpc) is 2.41. The first kappa shape index (κ1) is 14.5. The van der Waals surface area contributed by atoms with Gasteiger partial charge in [-0.1, -0.05) is 23.7 Å². The Hall–Kier alpha value is -1.94. The summed E-state index contributed by atoms with van der Waals surface area (Å²) < 4.78 is 13.0. The number of pyridine rings is 1. The Labute approximate surface area is 121 Å². The standard InChI is InChI=1S/C15H14ClFN2O/c1-15(2,9-3-5-11(17)6-4-9)13(20)12-7-10(16)8-19-14(12)18/h3-8H,1-2H3,(H2,18,19). The van der Waals surface area contributed by atoms with Crippen LogP contribution in [0, 0.1) is 5.82 Å². The van der Waals surface area contributed by atoms with Gasteiger partial charge in [0.1, 0.15) is 11.6 Å². The number of nitrogen functional groups attached to an aromatic ring is 1. The van der Waals surface area contributed by atoms with Crippen molar-refractivity contribution in [2.24, 2.45) is 0 Å². The molecule has 0 spiro atoms. The summed E-state index contributed by atoms with van der Waals surface area (Å²) in [4.78, 5) is 16.5. The van der Waals surface area contributed by atoms with E-state index in [-0.39, 0.29) is 23.0 Å². The third-order valence-corrected chi connectivity index (χ3v) is 3.47. The van der Waals surface area contributed by atoms with E-state index >= 15 is 0 Å². The zero-order valence-electron chi connectivity index (χ0n) is 11.2. The van der Waals surface area contributed by atoms with Crippen molar-refractivity contribution in [1.82, 2.24) is 4.98 Å². The second-order valence-electron chi connectivity index (χ2n) is 5.05. The van der Waals surface area contributed by atoms with Crippen LogP contribution in [0.5, 0.6) is 0 Å². The molecule has 20 heavy (non-hydrogen) atoms. The number of ketones is 1. The zero-order valence-corrected chi connectivity index (χ0v) is 11.9. The van der Waals surface area contributed by atoms with Gasteiger partial charge in [-0.3, -0.25) is 4.79 Å². The molecule has 2 rings (SSSR count). The molecule has 2 N–H and O–H groups in total. The predicted molar refractivity (Wildman–Crippen MR) is 77.4 cm³/mol. The Morgan fingerprint density at radius 1 is 1.30 bits per heavy atom. The summed E-state index contributed by atoms with van der Waals surface area (Å²) in [5, 5.41) is 0.345. The summed E-state index contributed by atoms with van der Waals surface area (Å²) in [6, 6.07) is 7.31. The van der Waals surface area contributed by atoms with Gasteiger partial charge >= 0.3 is 0 Å². The molecule has 2 aromatic rings. The Morgan fingerprint density at radius 3 is 2.50 bits per heavy atom. The maximum atomic E-state index is 13.0. The van der Waals surface area contributed by atoms with Crippen LogP contribution in [0.3, 0.4) is 0 Å². The van der Waals surface area contributed by atoms with Gasteiger partial charge in [0.2, 0.25) is 0 Å². The minimum Gasteiger partial charge on any atom is -0.383 e. The van der Waals surface area contributed by atoms with Crippen LogP contribution in [0.1, 0.15) is 29.8 Å². The van der Waals surface area contributed by atoms with E-state index in [1.807, 2.05) is 0 Å². The van der Waals surface area contributed by atoms with E-state index in [1.54, 1.807) is 26.0 Å². The minimum atomic E-state index is -0.853. The average molecular weight is 293 g/mol. The van der Waals surface area contributed by atoms with Gasteiger partial charge in [-0.2, -0.15) is 0 Å². The van der Waals surface area contributed by atoms with Crippen molar-refractivity contribution in [3.8, 4) is 0 Å². The molecule has 0 atom stereocenters. The van der Waals surface area contributed by atoms with E-state index in [9.17, 15) is 9.18 Å². The molecule has 0 bridgehead atoms. The van der Waals surface area contributed by atoms with Gasteiger partial charge in [0.25, 0.3) is 0 Å². The molecule has 0 amide bonds. The maximum Gasteiger partial charge on any atom is 0.176 e. The van der Waals surface area contributed by atoms with Gasteiger partial charge in [0, 0.05) is 6.20 Å². The number of nitrogens with zero attached hydrogens (tertiary/aromatic N) is 1. The quantitative estimate of drug-likeness (QED) is 0.879. The van der Waals surface area contributed by atoms with Crippen LogP contribution in [0.25, 0.3) is 0 Å². The first-order valence-electron chi connectivity index (χ1n) is 6.04. The van der Waals surface area contributed by atoms with Crippen LogP contribution in [-0.4, -0.2) is 10.8 Å². The van der Waals surface area contributed by atoms with Gasteiger partial charge in [-0.05, 0) is 37.6 Å². The lowest BCUT2D eigenvalue weighted by Crippen LogP contribution is -2.30. The van der Waals surface area contributed by atoms with Crippen molar-refractivity contribution in [3.05, 3.63) is 58.5 Å². The highest BCUT2D eigenvalue weighted by atomic mass is 35.5. The molecule has 0 unspecified atom stereocenters. The molecule has 1 aromatic heterocycles. The molecule has 0 saturated heterocycles. The summed E-state index contributed by atoms with van der Waals surface area (Å²) in [6.45, 7) is 3.51. The number of aromatic nitrogens is 1. The summed E-state index contributed by atoms with van der Waals surface area (Å²) in [5.74, 6) is -0.424. The first-order valence-corrected chi connectivity index (χ1v) is 6.42. The highest BCUT2D eigenvalue weighted by molar-refractivity contribution is 6.31. The number of Topliss-reactive ketones (excluding diaryl/α,β-unsaturated/α-hetero) is 1. The van der Waals surface area contributed by atoms with Crippen molar-refractivity contribution in [2.45, 2.75) is 19.3 Å². The summed E-state index contributed by atoms with van der Waals surface area (Å²) in [6.07, 6.45) is 1.39. The van der Waals surface area contributed by atoms with Crippen LogP contribution in [0.15, 0.2) is 36.5 Å². The molecule has 1 aromatic carbocycles. The zero-order chi connectivity index (χ0) is 14.9. The second kappa shape index (κ2) is 5.21. The lowest BCUT2D eigenvalue weighted by Gasteiger charge is -2.24. The number of hydrogen-bond donors (Lipinski definition) is 1. The molecule has 1 heterocycles. The third kappa shape index (κ3) is 2.65. The third-order valence-electron chi connectivity index (χ3n) is 3.26. The van der Waals surface area contributed by atoms with Crippen molar-refractivity contribution in [2.75, 3.05) is 5.73 Å². The molecule has 0 aliphatic heterocycles. The van der Waals surface area contributed by atoms with Crippen molar-refractivity contribution < 1.29 is 9.18 Å². The number of halogens is 2. The predicted octanol–water partition coefficient (Wildman–Crippen LogP) is 3.62. The number of rotatable bonds is 3. The molecule has 0 fully saturated rings. The molecule has 104 valence electrons. The molecular formula is C15H14ClFN2O. The number of nitrogens with two attached hydrogens (primary N) is 1. The molecule has 0 aliphatic carbocycles.